The second kappa shape index (κ2) is 7.59. The molecule has 2 aromatic heterocycles. The minimum atomic E-state index is -0.148. The van der Waals surface area contributed by atoms with Crippen LogP contribution in [0.25, 0.3) is 16.7 Å². The Labute approximate surface area is 170 Å². The molecule has 1 aromatic carbocycles. The molecule has 0 bridgehead atoms. The van der Waals surface area contributed by atoms with Crippen LogP contribution in [0.1, 0.15) is 44.3 Å². The van der Waals surface area contributed by atoms with E-state index in [4.69, 9.17) is 4.74 Å². The van der Waals surface area contributed by atoms with Crippen LogP contribution in [0.2, 0.25) is 0 Å². The fraction of sp³-hybridized carbons (Fsp3) is 0.435. The first kappa shape index (κ1) is 18.3. The normalized spacial score (nSPS) is 20.5. The summed E-state index contributed by atoms with van der Waals surface area (Å²) in [5, 5.41) is 0. The molecule has 150 valence electrons. The summed E-state index contributed by atoms with van der Waals surface area (Å²) in [5.41, 5.74) is 1.64. The maximum absolute atomic E-state index is 12.9. The van der Waals surface area contributed by atoms with Gasteiger partial charge < -0.3 is 4.74 Å². The number of aromatic nitrogens is 3. The third kappa shape index (κ3) is 3.42. The van der Waals surface area contributed by atoms with Gasteiger partial charge in [0.25, 0.3) is 5.56 Å². The van der Waals surface area contributed by atoms with Crippen molar-refractivity contribution in [3.8, 4) is 11.4 Å². The van der Waals surface area contributed by atoms with E-state index in [1.807, 2.05) is 37.3 Å². The first-order chi connectivity index (χ1) is 14.2. The summed E-state index contributed by atoms with van der Waals surface area (Å²) < 4.78 is 7.97. The summed E-state index contributed by atoms with van der Waals surface area (Å²) in [6.45, 7) is 2.98. The molecule has 5 rings (SSSR count). The van der Waals surface area contributed by atoms with Crippen LogP contribution in [0.4, 0.5) is 0 Å². The lowest BCUT2D eigenvalue weighted by Crippen LogP contribution is -2.51. The minimum absolute atomic E-state index is 0.148. The number of hydrogen-bond donors (Lipinski definition) is 0. The second-order valence-electron chi connectivity index (χ2n) is 8.06. The van der Waals surface area contributed by atoms with Gasteiger partial charge in [-0.2, -0.15) is 0 Å². The van der Waals surface area contributed by atoms with Gasteiger partial charge in [0.05, 0.1) is 11.2 Å². The van der Waals surface area contributed by atoms with E-state index in [0.29, 0.717) is 22.9 Å². The van der Waals surface area contributed by atoms with E-state index in [2.05, 4.69) is 14.9 Å². The van der Waals surface area contributed by atoms with Gasteiger partial charge in [0.1, 0.15) is 11.6 Å². The molecule has 0 amide bonds. The lowest BCUT2D eigenvalue weighted by atomic mass is 9.89. The molecule has 1 saturated carbocycles. The topological polar surface area (TPSA) is 60.3 Å². The van der Waals surface area contributed by atoms with Crippen molar-refractivity contribution in [1.82, 2.24) is 19.4 Å². The first-order valence-corrected chi connectivity index (χ1v) is 10.6. The number of nitrogens with zero attached hydrogens (tertiary/aromatic N) is 4. The highest BCUT2D eigenvalue weighted by atomic mass is 16.5. The molecule has 1 atom stereocenters. The van der Waals surface area contributed by atoms with Crippen molar-refractivity contribution < 1.29 is 4.74 Å². The van der Waals surface area contributed by atoms with E-state index in [9.17, 15) is 4.79 Å². The number of hydrogen-bond acceptors (Lipinski definition) is 5. The molecule has 2 aliphatic rings. The Hall–Kier alpha value is -2.73. The van der Waals surface area contributed by atoms with E-state index in [1.54, 1.807) is 16.8 Å². The Kier molecular flexibility index (Phi) is 4.79. The van der Waals surface area contributed by atoms with Gasteiger partial charge in [-0.25, -0.2) is 9.97 Å². The van der Waals surface area contributed by atoms with Crippen LogP contribution < -0.4 is 10.3 Å². The largest absolute Gasteiger partial charge is 0.475 e. The maximum atomic E-state index is 12.9. The van der Waals surface area contributed by atoms with Crippen LogP contribution in [0.15, 0.2) is 47.4 Å². The predicted octanol–water partition coefficient (Wildman–Crippen LogP) is 3.83. The van der Waals surface area contributed by atoms with Crippen LogP contribution >= 0.6 is 0 Å². The molecular formula is C23H26N4O2. The summed E-state index contributed by atoms with van der Waals surface area (Å²) >= 11 is 0. The number of rotatable bonds is 4. The van der Waals surface area contributed by atoms with E-state index >= 15 is 0 Å². The number of aryl methyl sites for hydroxylation is 1. The van der Waals surface area contributed by atoms with Crippen LogP contribution in [-0.4, -0.2) is 38.2 Å². The third-order valence-corrected chi connectivity index (χ3v) is 6.20. The fourth-order valence-electron chi connectivity index (χ4n) is 4.45. The third-order valence-electron chi connectivity index (χ3n) is 6.20. The van der Waals surface area contributed by atoms with Crippen LogP contribution in [-0.2, 0) is 0 Å². The van der Waals surface area contributed by atoms with Crippen molar-refractivity contribution >= 4 is 11.0 Å². The van der Waals surface area contributed by atoms with E-state index in [0.717, 1.165) is 24.4 Å². The smallest absolute Gasteiger partial charge is 0.284 e. The van der Waals surface area contributed by atoms with Crippen molar-refractivity contribution in [2.24, 2.45) is 0 Å². The Balaban J connectivity index is 1.40. The van der Waals surface area contributed by atoms with E-state index in [1.165, 1.54) is 32.1 Å². The minimum Gasteiger partial charge on any atom is -0.475 e. The van der Waals surface area contributed by atoms with Gasteiger partial charge in [-0.15, -0.1) is 0 Å². The van der Waals surface area contributed by atoms with E-state index in [-0.39, 0.29) is 11.8 Å². The zero-order valence-corrected chi connectivity index (χ0v) is 16.8. The SMILES string of the molecule is Cc1nc2cccnc2c(=O)n1-c1ccc(OC2CCCCN2C2CCC2)cc1. The van der Waals surface area contributed by atoms with Crippen molar-refractivity contribution in [3.05, 3.63) is 58.8 Å². The zero-order chi connectivity index (χ0) is 19.8. The quantitative estimate of drug-likeness (QED) is 0.678. The van der Waals surface area contributed by atoms with Crippen LogP contribution in [0, 0.1) is 6.92 Å². The molecule has 6 nitrogen and oxygen atoms in total. The number of fused-ring (bicyclic) bond motifs is 1. The van der Waals surface area contributed by atoms with Gasteiger partial charge in [0.15, 0.2) is 11.7 Å². The summed E-state index contributed by atoms with van der Waals surface area (Å²) in [6.07, 6.45) is 9.28. The number of piperidine rings is 1. The molecule has 2 fully saturated rings. The summed E-state index contributed by atoms with van der Waals surface area (Å²) in [5.74, 6) is 1.50. The maximum Gasteiger partial charge on any atom is 0.284 e. The highest BCUT2D eigenvalue weighted by Gasteiger charge is 2.33. The first-order valence-electron chi connectivity index (χ1n) is 10.6. The summed E-state index contributed by atoms with van der Waals surface area (Å²) in [7, 11) is 0. The highest BCUT2D eigenvalue weighted by molar-refractivity contribution is 5.73. The van der Waals surface area contributed by atoms with Gasteiger partial charge >= 0.3 is 0 Å². The molecule has 0 radical (unpaired) electrons. The van der Waals surface area contributed by atoms with Crippen molar-refractivity contribution in [2.75, 3.05) is 6.54 Å². The number of ether oxygens (including phenoxy) is 1. The average molecular weight is 390 g/mol. The molecule has 29 heavy (non-hydrogen) atoms. The predicted molar refractivity (Wildman–Crippen MR) is 112 cm³/mol. The molecule has 3 heterocycles. The summed E-state index contributed by atoms with van der Waals surface area (Å²) in [6, 6.07) is 12.1. The molecule has 1 aliphatic heterocycles. The van der Waals surface area contributed by atoms with Crippen LogP contribution in [0.3, 0.4) is 0 Å². The lowest BCUT2D eigenvalue weighted by molar-refractivity contribution is -0.0523. The van der Waals surface area contributed by atoms with Crippen molar-refractivity contribution in [1.29, 1.82) is 0 Å². The van der Waals surface area contributed by atoms with Crippen LogP contribution in [0.5, 0.6) is 5.75 Å². The Morgan fingerprint density at radius 1 is 1.03 bits per heavy atom. The molecule has 1 aliphatic carbocycles. The Morgan fingerprint density at radius 2 is 1.86 bits per heavy atom. The highest BCUT2D eigenvalue weighted by Crippen LogP contribution is 2.32. The van der Waals surface area contributed by atoms with Gasteiger partial charge in [0, 0.05) is 18.8 Å². The fourth-order valence-corrected chi connectivity index (χ4v) is 4.45. The molecule has 6 heteroatoms. The molecular weight excluding hydrogens is 364 g/mol. The molecule has 0 N–H and O–H groups in total. The van der Waals surface area contributed by atoms with Crippen molar-refractivity contribution in [3.63, 3.8) is 0 Å². The number of benzene rings is 1. The van der Waals surface area contributed by atoms with Gasteiger partial charge in [0.2, 0.25) is 0 Å². The lowest BCUT2D eigenvalue weighted by Gasteiger charge is -2.44. The average Bonchev–Trinajstić information content (AvgIpc) is 2.69. The number of likely N-dealkylation sites (tertiary alicyclic amines) is 1. The zero-order valence-electron chi connectivity index (χ0n) is 16.8. The molecule has 0 spiro atoms. The Morgan fingerprint density at radius 3 is 2.62 bits per heavy atom. The standard InChI is InChI=1S/C23H26N4O2/c1-16-25-20-8-5-14-24-22(20)23(28)27(16)18-10-12-19(13-11-18)29-21-9-2-3-15-26(21)17-6-4-7-17/h5,8,10-14,17,21H,2-4,6-7,9,15H2,1H3. The molecule has 1 saturated heterocycles. The molecule has 3 aromatic rings. The van der Waals surface area contributed by atoms with Gasteiger partial charge in [-0.05, 0) is 75.4 Å². The Bertz CT molecular complexity index is 1070. The van der Waals surface area contributed by atoms with Gasteiger partial charge in [-0.3, -0.25) is 14.3 Å². The van der Waals surface area contributed by atoms with E-state index < -0.39 is 0 Å². The number of pyridine rings is 1. The summed E-state index contributed by atoms with van der Waals surface area (Å²) in [4.78, 5) is 24.2. The second-order valence-corrected chi connectivity index (χ2v) is 8.06. The van der Waals surface area contributed by atoms with Gasteiger partial charge in [-0.1, -0.05) is 6.42 Å². The monoisotopic (exact) mass is 390 g/mol. The molecule has 1 unspecified atom stereocenters. The van der Waals surface area contributed by atoms with Crippen molar-refractivity contribution in [2.45, 2.75) is 57.7 Å².